The maximum atomic E-state index is 14.6. The molecule has 10 nitrogen and oxygen atoms in total. The first-order valence-electron chi connectivity index (χ1n) is 17.7. The fraction of sp³-hybridized carbons (Fsp3) is 0.250. The van der Waals surface area contributed by atoms with Crippen LogP contribution in [0.3, 0.4) is 0 Å². The Morgan fingerprint density at radius 3 is 2.26 bits per heavy atom. The van der Waals surface area contributed by atoms with Gasteiger partial charge in [0, 0.05) is 30.6 Å². The molecule has 276 valence electrons. The van der Waals surface area contributed by atoms with Crippen molar-refractivity contribution in [1.29, 1.82) is 0 Å². The zero-order valence-corrected chi connectivity index (χ0v) is 29.6. The number of halogens is 3. The summed E-state index contributed by atoms with van der Waals surface area (Å²) in [6.07, 6.45) is -3.95. The van der Waals surface area contributed by atoms with Crippen molar-refractivity contribution in [2.24, 2.45) is 0 Å². The quantitative estimate of drug-likeness (QED) is 0.133. The third-order valence-electron chi connectivity index (χ3n) is 9.58. The molecule has 2 atom stereocenters. The van der Waals surface area contributed by atoms with E-state index in [2.05, 4.69) is 16.0 Å². The van der Waals surface area contributed by atoms with Gasteiger partial charge in [-0.1, -0.05) is 80.6 Å². The van der Waals surface area contributed by atoms with Gasteiger partial charge in [-0.3, -0.25) is 19.0 Å². The van der Waals surface area contributed by atoms with E-state index in [0.717, 1.165) is 23.3 Å². The Morgan fingerprint density at radius 2 is 1.59 bits per heavy atom. The van der Waals surface area contributed by atoms with Crippen LogP contribution in [0.1, 0.15) is 56.1 Å². The minimum absolute atomic E-state index is 0.0344. The van der Waals surface area contributed by atoms with Crippen molar-refractivity contribution in [2.45, 2.75) is 57.3 Å². The zero-order chi connectivity index (χ0) is 38.0. The molecular weight excluding hydrogens is 698 g/mol. The molecule has 1 aromatic heterocycles. The van der Waals surface area contributed by atoms with Gasteiger partial charge in [-0.05, 0) is 65.9 Å². The highest BCUT2D eigenvalue weighted by molar-refractivity contribution is 6.64. The van der Waals surface area contributed by atoms with Crippen LogP contribution in [0.2, 0.25) is 0 Å². The SMILES string of the molecule is CCCNC(=O)C1CC(C)(CC(=O)Nc2ccc(-c3ccccc3)cc2)c2nc(B3Oc4ccccc4O3)c(NCc3cccc(C(F)(F)F)c3)c(=O)n21. The number of nitrogens with one attached hydrogen (secondary N) is 3. The molecule has 0 fully saturated rings. The third kappa shape index (κ3) is 7.41. The first-order chi connectivity index (χ1) is 25.9. The predicted molar refractivity (Wildman–Crippen MR) is 200 cm³/mol. The number of alkyl halides is 3. The van der Waals surface area contributed by atoms with Crippen LogP contribution in [0.15, 0.2) is 108 Å². The number of carbonyl (C=O) groups excluding carboxylic acids is 2. The van der Waals surface area contributed by atoms with Crippen LogP contribution in [-0.2, 0) is 27.7 Å². The Kier molecular flexibility index (Phi) is 9.93. The van der Waals surface area contributed by atoms with E-state index in [1.165, 1.54) is 16.7 Å². The number of nitrogens with zero attached hydrogens (tertiary/aromatic N) is 2. The lowest BCUT2D eigenvalue weighted by Gasteiger charge is -2.24. The van der Waals surface area contributed by atoms with Gasteiger partial charge in [-0.2, -0.15) is 13.2 Å². The van der Waals surface area contributed by atoms with E-state index < -0.39 is 41.8 Å². The van der Waals surface area contributed by atoms with Crippen molar-refractivity contribution < 1.29 is 32.1 Å². The number of rotatable bonds is 11. The molecule has 3 heterocycles. The van der Waals surface area contributed by atoms with Gasteiger partial charge < -0.3 is 25.3 Å². The summed E-state index contributed by atoms with van der Waals surface area (Å²) in [7, 11) is -1.21. The second-order valence-corrected chi connectivity index (χ2v) is 13.7. The van der Waals surface area contributed by atoms with Crippen LogP contribution in [0, 0.1) is 0 Å². The Bertz CT molecular complexity index is 2230. The highest BCUT2D eigenvalue weighted by Gasteiger charge is 2.50. The minimum atomic E-state index is -4.56. The lowest BCUT2D eigenvalue weighted by atomic mass is 9.80. The van der Waals surface area contributed by atoms with Gasteiger partial charge in [-0.15, -0.1) is 0 Å². The molecule has 0 radical (unpaired) electrons. The second-order valence-electron chi connectivity index (χ2n) is 13.7. The zero-order valence-electron chi connectivity index (χ0n) is 29.6. The van der Waals surface area contributed by atoms with Crippen molar-refractivity contribution in [2.75, 3.05) is 17.2 Å². The normalized spacial score (nSPS) is 17.2. The summed E-state index contributed by atoms with van der Waals surface area (Å²) >= 11 is 0. The van der Waals surface area contributed by atoms with Crippen LogP contribution < -0.4 is 36.4 Å². The smallest absolute Gasteiger partial charge is 0.518 e. The molecule has 0 aliphatic carbocycles. The highest BCUT2D eigenvalue weighted by atomic mass is 19.4. The average molecular weight is 736 g/mol. The summed E-state index contributed by atoms with van der Waals surface area (Å²) in [5.74, 6) is 0.230. The van der Waals surface area contributed by atoms with Gasteiger partial charge >= 0.3 is 13.3 Å². The summed E-state index contributed by atoms with van der Waals surface area (Å²) in [6.45, 7) is 3.87. The lowest BCUT2D eigenvalue weighted by Crippen LogP contribution is -2.49. The van der Waals surface area contributed by atoms with Gasteiger partial charge in [0.2, 0.25) is 11.8 Å². The molecule has 0 saturated heterocycles. The number of hydrogen-bond acceptors (Lipinski definition) is 7. The molecule has 0 bridgehead atoms. The number of amides is 2. The number of hydrogen-bond donors (Lipinski definition) is 3. The first kappa shape index (κ1) is 36.3. The Morgan fingerprint density at radius 1 is 0.926 bits per heavy atom. The number of para-hydroxylation sites is 2. The Hall–Kier alpha value is -6.05. The number of benzene rings is 4. The van der Waals surface area contributed by atoms with Crippen LogP contribution in [0.25, 0.3) is 11.1 Å². The molecule has 2 aliphatic rings. The monoisotopic (exact) mass is 735 g/mol. The first-order valence-corrected chi connectivity index (χ1v) is 17.7. The van der Waals surface area contributed by atoms with E-state index >= 15 is 0 Å². The lowest BCUT2D eigenvalue weighted by molar-refractivity contribution is -0.137. The second kappa shape index (κ2) is 14.8. The highest BCUT2D eigenvalue weighted by Crippen LogP contribution is 2.42. The van der Waals surface area contributed by atoms with Crippen LogP contribution in [-0.4, -0.2) is 35.0 Å². The van der Waals surface area contributed by atoms with Crippen molar-refractivity contribution in [1.82, 2.24) is 14.9 Å². The molecule has 3 N–H and O–H groups in total. The number of anilines is 2. The van der Waals surface area contributed by atoms with Crippen LogP contribution in [0.5, 0.6) is 11.5 Å². The predicted octanol–water partition coefficient (Wildman–Crippen LogP) is 6.47. The van der Waals surface area contributed by atoms with E-state index in [1.807, 2.05) is 61.5 Å². The van der Waals surface area contributed by atoms with Gasteiger partial charge in [0.25, 0.3) is 5.56 Å². The van der Waals surface area contributed by atoms with Crippen molar-refractivity contribution >= 4 is 35.9 Å². The van der Waals surface area contributed by atoms with E-state index in [0.29, 0.717) is 30.2 Å². The largest absolute Gasteiger partial charge is 0.655 e. The summed E-state index contributed by atoms with van der Waals surface area (Å²) in [4.78, 5) is 47.0. The van der Waals surface area contributed by atoms with Gasteiger partial charge in [-0.25, -0.2) is 4.98 Å². The number of fused-ring (bicyclic) bond motifs is 2. The standard InChI is InChI=1S/C40H37BF3N5O5/c1-3-20-45-36(51)30-22-39(2,23-33(50)47-29-18-16-27(17-19-29)26-11-5-4-6-12-26)38-48-35(41-53-31-14-7-8-15-32(31)54-41)34(37(52)49(30)38)46-24-25-10-9-13-28(21-25)40(42,43)44/h4-19,21,30,46H,3,20,22-24H2,1-2H3,(H,45,51)(H,47,50). The van der Waals surface area contributed by atoms with Crippen LogP contribution in [0.4, 0.5) is 24.5 Å². The van der Waals surface area contributed by atoms with E-state index in [-0.39, 0.29) is 48.0 Å². The fourth-order valence-corrected chi connectivity index (χ4v) is 6.93. The molecule has 7 rings (SSSR count). The fourth-order valence-electron chi connectivity index (χ4n) is 6.93. The molecular formula is C40H37BF3N5O5. The van der Waals surface area contributed by atoms with E-state index in [9.17, 15) is 27.6 Å². The Balaban J connectivity index is 1.25. The molecule has 2 amide bonds. The minimum Gasteiger partial charge on any atom is -0.518 e. The summed E-state index contributed by atoms with van der Waals surface area (Å²) in [6, 6.07) is 27.9. The number of aromatic nitrogens is 2. The molecule has 14 heteroatoms. The third-order valence-corrected chi connectivity index (χ3v) is 9.58. The Labute approximate surface area is 309 Å². The van der Waals surface area contributed by atoms with Crippen molar-refractivity contribution in [3.8, 4) is 22.6 Å². The maximum absolute atomic E-state index is 14.6. The molecule has 2 aliphatic heterocycles. The number of carbonyl (C=O) groups is 2. The molecule has 0 spiro atoms. The topological polar surface area (TPSA) is 124 Å². The van der Waals surface area contributed by atoms with E-state index in [4.69, 9.17) is 14.3 Å². The van der Waals surface area contributed by atoms with Gasteiger partial charge in [0.05, 0.1) is 5.56 Å². The van der Waals surface area contributed by atoms with Crippen LogP contribution >= 0.6 is 0 Å². The summed E-state index contributed by atoms with van der Waals surface area (Å²) in [5, 5.41) is 8.81. The van der Waals surface area contributed by atoms with Crippen molar-refractivity contribution in [3.63, 3.8) is 0 Å². The summed E-state index contributed by atoms with van der Waals surface area (Å²) < 4.78 is 54.0. The molecule has 54 heavy (non-hydrogen) atoms. The van der Waals surface area contributed by atoms with E-state index in [1.54, 1.807) is 31.2 Å². The molecule has 0 saturated carbocycles. The van der Waals surface area contributed by atoms with Gasteiger partial charge in [0.15, 0.2) is 0 Å². The van der Waals surface area contributed by atoms with Gasteiger partial charge in [0.1, 0.15) is 34.6 Å². The average Bonchev–Trinajstić information content (AvgIpc) is 3.72. The maximum Gasteiger partial charge on any atom is 0.655 e. The summed E-state index contributed by atoms with van der Waals surface area (Å²) in [5.41, 5.74) is 0.186. The molecule has 2 unspecified atom stereocenters. The molecule has 5 aromatic rings. The molecule has 4 aromatic carbocycles. The van der Waals surface area contributed by atoms with Crippen molar-refractivity contribution in [3.05, 3.63) is 130 Å².